The predicted molar refractivity (Wildman–Crippen MR) is 138 cm³/mol. The van der Waals surface area contributed by atoms with Gasteiger partial charge < -0.3 is 20.4 Å². The molecule has 1 aliphatic carbocycles. The molecule has 0 unspecified atom stereocenters. The first-order valence-corrected chi connectivity index (χ1v) is 13.2. The molecule has 0 radical (unpaired) electrons. The van der Waals surface area contributed by atoms with Crippen LogP contribution in [0.15, 0.2) is 23.3 Å². The minimum Gasteiger partial charge on any atom is -0.338 e. The quantitative estimate of drug-likeness (QED) is 0.558. The predicted octanol–water partition coefficient (Wildman–Crippen LogP) is 2.65. The number of rotatable bonds is 4. The molecule has 5 heterocycles. The van der Waals surface area contributed by atoms with E-state index in [0.717, 1.165) is 50.8 Å². The molecule has 0 aromatic carbocycles. The van der Waals surface area contributed by atoms with Crippen molar-refractivity contribution in [2.45, 2.75) is 50.7 Å². The highest BCUT2D eigenvalue weighted by Crippen LogP contribution is 2.41. The molecule has 11 heteroatoms. The van der Waals surface area contributed by atoms with Crippen LogP contribution in [-0.4, -0.2) is 69.4 Å². The van der Waals surface area contributed by atoms with Gasteiger partial charge in [0.15, 0.2) is 0 Å². The molecule has 0 bridgehead atoms. The van der Waals surface area contributed by atoms with Crippen LogP contribution in [0.3, 0.4) is 0 Å². The minimum atomic E-state index is -0.616. The van der Waals surface area contributed by atoms with E-state index in [1.165, 1.54) is 17.7 Å². The number of thiophene rings is 1. The molecule has 1 spiro atoms. The number of amides is 2. The number of carbonyl (C=O) groups is 2. The van der Waals surface area contributed by atoms with Gasteiger partial charge in [-0.05, 0) is 70.8 Å². The Morgan fingerprint density at radius 3 is 2.61 bits per heavy atom. The summed E-state index contributed by atoms with van der Waals surface area (Å²) in [6.07, 6.45) is 5.80. The fourth-order valence-electron chi connectivity index (χ4n) is 5.64. The lowest BCUT2D eigenvalue weighted by molar-refractivity contribution is 0.0667. The van der Waals surface area contributed by atoms with Gasteiger partial charge in [0.2, 0.25) is 0 Å². The number of pyridine rings is 1. The number of hydrogen-bond donors (Lipinski definition) is 2. The summed E-state index contributed by atoms with van der Waals surface area (Å²) in [5, 5.41) is 6.91. The molecule has 2 N–H and O–H groups in total. The Morgan fingerprint density at radius 1 is 1.19 bits per heavy atom. The van der Waals surface area contributed by atoms with E-state index in [0.29, 0.717) is 38.3 Å². The zero-order valence-corrected chi connectivity index (χ0v) is 21.4. The Balaban J connectivity index is 1.31. The number of aromatic nitrogens is 3. The standard InChI is InChI=1S/C25H29N7O3S/c1-14-11-17(23(34)32-19(14)21(33)29-25(32)7-4-8-25)28-20-16-12-18(36-22(16)27-13-26-20)24(35)31-9-5-15(6-10-31)30(2)3/h11-13,15H,4-10H2,1-3H3,(H,29,33)(H,26,27,28). The van der Waals surface area contributed by atoms with Crippen LogP contribution in [0.4, 0.5) is 11.5 Å². The van der Waals surface area contributed by atoms with Crippen LogP contribution in [0.2, 0.25) is 0 Å². The molecule has 1 saturated carbocycles. The highest BCUT2D eigenvalue weighted by atomic mass is 32.1. The van der Waals surface area contributed by atoms with Crippen LogP contribution in [0.5, 0.6) is 0 Å². The van der Waals surface area contributed by atoms with Crippen LogP contribution in [0, 0.1) is 6.92 Å². The van der Waals surface area contributed by atoms with Crippen LogP contribution >= 0.6 is 11.3 Å². The monoisotopic (exact) mass is 507 g/mol. The van der Waals surface area contributed by atoms with Crippen LogP contribution in [0.25, 0.3) is 10.2 Å². The van der Waals surface area contributed by atoms with Crippen molar-refractivity contribution in [1.29, 1.82) is 0 Å². The third kappa shape index (κ3) is 3.52. The SMILES string of the molecule is Cc1cc(Nc2ncnc3sc(C(=O)N4CCC(N(C)C)CC4)cc23)c(=O)n2c1C(=O)NC21CCC1. The average molecular weight is 508 g/mol. The zero-order valence-electron chi connectivity index (χ0n) is 20.6. The van der Waals surface area contributed by atoms with Crippen molar-refractivity contribution in [2.75, 3.05) is 32.5 Å². The van der Waals surface area contributed by atoms with Crippen LogP contribution < -0.4 is 16.2 Å². The first-order chi connectivity index (χ1) is 17.3. The summed E-state index contributed by atoms with van der Waals surface area (Å²) in [6, 6.07) is 4.02. The summed E-state index contributed by atoms with van der Waals surface area (Å²) < 4.78 is 1.62. The average Bonchev–Trinajstić information content (AvgIpc) is 3.42. The molecule has 0 atom stereocenters. The van der Waals surface area contributed by atoms with E-state index in [4.69, 9.17) is 0 Å². The Morgan fingerprint density at radius 2 is 1.94 bits per heavy atom. The second kappa shape index (κ2) is 8.38. The largest absolute Gasteiger partial charge is 0.338 e. The minimum absolute atomic E-state index is 0.00566. The number of nitrogens with one attached hydrogen (secondary N) is 2. The van der Waals surface area contributed by atoms with E-state index in [-0.39, 0.29) is 17.4 Å². The molecule has 10 nitrogen and oxygen atoms in total. The summed E-state index contributed by atoms with van der Waals surface area (Å²) in [7, 11) is 4.16. The fourth-order valence-corrected chi connectivity index (χ4v) is 6.61. The second-order valence-corrected chi connectivity index (χ2v) is 11.3. The summed E-state index contributed by atoms with van der Waals surface area (Å²) in [6.45, 7) is 3.29. The normalized spacial score (nSPS) is 19.0. The maximum atomic E-state index is 13.5. The van der Waals surface area contributed by atoms with Gasteiger partial charge in [0.25, 0.3) is 17.4 Å². The molecule has 3 aromatic rings. The maximum absolute atomic E-state index is 13.5. The molecular formula is C25H29N7O3S. The Hall–Kier alpha value is -3.31. The van der Waals surface area contributed by atoms with Crippen molar-refractivity contribution < 1.29 is 9.59 Å². The van der Waals surface area contributed by atoms with E-state index in [2.05, 4.69) is 39.6 Å². The van der Waals surface area contributed by atoms with Gasteiger partial charge in [0.1, 0.15) is 34.0 Å². The van der Waals surface area contributed by atoms with Crippen LogP contribution in [0.1, 0.15) is 57.8 Å². The summed E-state index contributed by atoms with van der Waals surface area (Å²) in [5.41, 5.74) is 0.639. The van der Waals surface area contributed by atoms with Gasteiger partial charge in [-0.3, -0.25) is 19.0 Å². The van der Waals surface area contributed by atoms with Crippen molar-refractivity contribution in [3.05, 3.63) is 44.9 Å². The first kappa shape index (κ1) is 23.1. The van der Waals surface area contributed by atoms with E-state index in [9.17, 15) is 14.4 Å². The molecule has 1 saturated heterocycles. The van der Waals surface area contributed by atoms with Crippen molar-refractivity contribution in [3.63, 3.8) is 0 Å². The lowest BCUT2D eigenvalue weighted by Gasteiger charge is -2.39. The summed E-state index contributed by atoms with van der Waals surface area (Å²) in [5.74, 6) is 0.278. The number of piperidine rings is 1. The van der Waals surface area contributed by atoms with E-state index in [1.807, 2.05) is 17.9 Å². The zero-order chi connectivity index (χ0) is 25.2. The van der Waals surface area contributed by atoms with E-state index >= 15 is 0 Å². The van der Waals surface area contributed by atoms with Gasteiger partial charge in [-0.25, -0.2) is 9.97 Å². The van der Waals surface area contributed by atoms with E-state index in [1.54, 1.807) is 10.6 Å². The molecule has 2 amide bonds. The Bertz CT molecular complexity index is 1450. The molecule has 36 heavy (non-hydrogen) atoms. The van der Waals surface area contributed by atoms with Gasteiger partial charge in [0.05, 0.1) is 10.3 Å². The third-order valence-corrected chi connectivity index (χ3v) is 8.87. The van der Waals surface area contributed by atoms with Gasteiger partial charge in [-0.15, -0.1) is 11.3 Å². The Labute approximate surface area is 212 Å². The van der Waals surface area contributed by atoms with Crippen LogP contribution in [-0.2, 0) is 5.66 Å². The second-order valence-electron chi connectivity index (χ2n) is 10.2. The van der Waals surface area contributed by atoms with Crippen molar-refractivity contribution in [1.82, 2.24) is 29.7 Å². The molecule has 2 aliphatic heterocycles. The molecule has 188 valence electrons. The number of carbonyl (C=O) groups excluding carboxylic acids is 2. The number of anilines is 2. The van der Waals surface area contributed by atoms with Crippen molar-refractivity contribution in [3.8, 4) is 0 Å². The lowest BCUT2D eigenvalue weighted by atomic mass is 9.85. The summed E-state index contributed by atoms with van der Waals surface area (Å²) >= 11 is 1.34. The number of nitrogens with zero attached hydrogens (tertiary/aromatic N) is 5. The summed E-state index contributed by atoms with van der Waals surface area (Å²) in [4.78, 5) is 53.5. The molecule has 2 fully saturated rings. The highest BCUT2D eigenvalue weighted by molar-refractivity contribution is 7.20. The van der Waals surface area contributed by atoms with E-state index < -0.39 is 5.66 Å². The number of likely N-dealkylation sites (tertiary alicyclic amines) is 1. The van der Waals surface area contributed by atoms with Crippen molar-refractivity contribution in [2.24, 2.45) is 0 Å². The molecular weight excluding hydrogens is 478 g/mol. The number of fused-ring (bicyclic) bond motifs is 3. The molecule has 3 aromatic heterocycles. The molecule has 3 aliphatic rings. The Kier molecular flexibility index (Phi) is 5.38. The molecule has 6 rings (SSSR count). The van der Waals surface area contributed by atoms with Gasteiger partial charge in [-0.2, -0.15) is 0 Å². The first-order valence-electron chi connectivity index (χ1n) is 12.3. The van der Waals surface area contributed by atoms with Gasteiger partial charge >= 0.3 is 0 Å². The smallest absolute Gasteiger partial charge is 0.276 e. The highest BCUT2D eigenvalue weighted by Gasteiger charge is 2.48. The maximum Gasteiger partial charge on any atom is 0.276 e. The third-order valence-electron chi connectivity index (χ3n) is 7.84. The van der Waals surface area contributed by atoms with Gasteiger partial charge in [0, 0.05) is 19.1 Å². The number of aryl methyl sites for hydroxylation is 1. The lowest BCUT2D eigenvalue weighted by Crippen LogP contribution is -2.52. The topological polar surface area (TPSA) is 112 Å². The fraction of sp³-hybridized carbons (Fsp3) is 0.480. The van der Waals surface area contributed by atoms with Gasteiger partial charge in [-0.1, -0.05) is 0 Å². The number of hydrogen-bond acceptors (Lipinski definition) is 8. The van der Waals surface area contributed by atoms with Crippen molar-refractivity contribution >= 4 is 44.9 Å².